The standard InChI is InChI=1S/C13H19N3O5S/c1-2-3-11(17)20-8-19-6-12-21-10(7-22-12)16-5-4-9(14)15-13(16)18/h4-5,10,12H,2-3,6-8H2,1H3,(H2,14,15,18). The van der Waals surface area contributed by atoms with Gasteiger partial charge in [0.05, 0.1) is 6.61 Å². The molecule has 0 aromatic carbocycles. The Morgan fingerprint density at radius 2 is 2.45 bits per heavy atom. The molecule has 0 bridgehead atoms. The first-order valence-electron chi connectivity index (χ1n) is 6.95. The number of carbonyl (C=O) groups is 1. The van der Waals surface area contributed by atoms with Crippen molar-refractivity contribution in [3.63, 3.8) is 0 Å². The van der Waals surface area contributed by atoms with E-state index in [9.17, 15) is 9.59 Å². The number of rotatable bonds is 7. The highest BCUT2D eigenvalue weighted by Crippen LogP contribution is 2.30. The molecule has 0 radical (unpaired) electrons. The van der Waals surface area contributed by atoms with Crippen molar-refractivity contribution in [1.29, 1.82) is 0 Å². The number of nitrogens with zero attached hydrogens (tertiary/aromatic N) is 2. The van der Waals surface area contributed by atoms with Gasteiger partial charge in [-0.2, -0.15) is 4.98 Å². The second kappa shape index (κ2) is 8.16. The second-order valence-corrected chi connectivity index (χ2v) is 5.84. The summed E-state index contributed by atoms with van der Waals surface area (Å²) in [6.45, 7) is 2.09. The molecular formula is C13H19N3O5S. The highest BCUT2D eigenvalue weighted by molar-refractivity contribution is 8.00. The lowest BCUT2D eigenvalue weighted by atomic mass is 10.3. The number of carbonyl (C=O) groups excluding carboxylic acids is 1. The average Bonchev–Trinajstić information content (AvgIpc) is 2.92. The molecule has 2 rings (SSSR count). The molecule has 1 saturated heterocycles. The molecule has 1 aromatic heterocycles. The van der Waals surface area contributed by atoms with Crippen LogP contribution in [0.3, 0.4) is 0 Å². The lowest BCUT2D eigenvalue weighted by molar-refractivity contribution is -0.158. The van der Waals surface area contributed by atoms with Crippen molar-refractivity contribution < 1.29 is 19.0 Å². The van der Waals surface area contributed by atoms with Crippen molar-refractivity contribution in [1.82, 2.24) is 9.55 Å². The third-order valence-corrected chi connectivity index (χ3v) is 4.00. The van der Waals surface area contributed by atoms with Crippen molar-refractivity contribution >= 4 is 23.5 Å². The summed E-state index contributed by atoms with van der Waals surface area (Å²) in [4.78, 5) is 26.5. The Kier molecular flexibility index (Phi) is 6.22. The van der Waals surface area contributed by atoms with E-state index in [-0.39, 0.29) is 30.6 Å². The summed E-state index contributed by atoms with van der Waals surface area (Å²) in [7, 11) is 0. The summed E-state index contributed by atoms with van der Waals surface area (Å²) in [6.07, 6.45) is 2.28. The largest absolute Gasteiger partial charge is 0.438 e. The molecule has 1 aliphatic heterocycles. The van der Waals surface area contributed by atoms with Gasteiger partial charge in [-0.1, -0.05) is 6.92 Å². The lowest BCUT2D eigenvalue weighted by Gasteiger charge is -2.14. The molecule has 0 spiro atoms. The van der Waals surface area contributed by atoms with E-state index in [1.54, 1.807) is 12.3 Å². The number of esters is 1. The van der Waals surface area contributed by atoms with E-state index < -0.39 is 11.9 Å². The van der Waals surface area contributed by atoms with Crippen molar-refractivity contribution in [2.24, 2.45) is 0 Å². The van der Waals surface area contributed by atoms with Gasteiger partial charge in [0.2, 0.25) is 0 Å². The third kappa shape index (κ3) is 4.72. The van der Waals surface area contributed by atoms with E-state index >= 15 is 0 Å². The number of aromatic nitrogens is 2. The minimum Gasteiger partial charge on any atom is -0.438 e. The molecule has 22 heavy (non-hydrogen) atoms. The Hall–Kier alpha value is -1.58. The lowest BCUT2D eigenvalue weighted by Crippen LogP contribution is -2.28. The van der Waals surface area contributed by atoms with E-state index in [4.69, 9.17) is 19.9 Å². The molecule has 2 atom stereocenters. The van der Waals surface area contributed by atoms with Gasteiger partial charge in [0, 0.05) is 18.4 Å². The zero-order chi connectivity index (χ0) is 15.9. The van der Waals surface area contributed by atoms with Gasteiger partial charge >= 0.3 is 11.7 Å². The van der Waals surface area contributed by atoms with Gasteiger partial charge in [0.25, 0.3) is 0 Å². The molecule has 1 fully saturated rings. The quantitative estimate of drug-likeness (QED) is 0.443. The number of anilines is 1. The summed E-state index contributed by atoms with van der Waals surface area (Å²) in [5.74, 6) is 0.510. The Labute approximate surface area is 131 Å². The molecule has 2 heterocycles. The van der Waals surface area contributed by atoms with Crippen molar-refractivity contribution in [3.05, 3.63) is 22.7 Å². The molecule has 8 nitrogen and oxygen atoms in total. The van der Waals surface area contributed by atoms with Gasteiger partial charge < -0.3 is 19.9 Å². The zero-order valence-corrected chi connectivity index (χ0v) is 13.1. The van der Waals surface area contributed by atoms with Crippen molar-refractivity contribution in [2.45, 2.75) is 31.4 Å². The number of thioether (sulfide) groups is 1. The first-order valence-corrected chi connectivity index (χ1v) is 8.00. The van der Waals surface area contributed by atoms with Crippen molar-refractivity contribution in [2.75, 3.05) is 24.9 Å². The molecule has 2 N–H and O–H groups in total. The Morgan fingerprint density at radius 1 is 1.64 bits per heavy atom. The van der Waals surface area contributed by atoms with Gasteiger partial charge in [-0.05, 0) is 12.5 Å². The highest BCUT2D eigenvalue weighted by atomic mass is 32.2. The van der Waals surface area contributed by atoms with Crippen LogP contribution >= 0.6 is 11.8 Å². The average molecular weight is 329 g/mol. The van der Waals surface area contributed by atoms with Crippen LogP contribution in [0.25, 0.3) is 0 Å². The molecule has 9 heteroatoms. The minimum absolute atomic E-state index is 0.0900. The Bertz CT molecular complexity index is 565. The number of nitrogen functional groups attached to an aromatic ring is 1. The van der Waals surface area contributed by atoms with Crippen LogP contribution in [0.2, 0.25) is 0 Å². The predicted octanol–water partition coefficient (Wildman–Crippen LogP) is 0.731. The summed E-state index contributed by atoms with van der Waals surface area (Å²) < 4.78 is 17.2. The van der Waals surface area contributed by atoms with Gasteiger partial charge in [-0.3, -0.25) is 9.36 Å². The fourth-order valence-electron chi connectivity index (χ4n) is 1.85. The molecule has 122 valence electrons. The molecule has 2 unspecified atom stereocenters. The molecule has 1 aromatic rings. The SMILES string of the molecule is CCCC(=O)OCOCC1OC(n2ccc(N)nc2=O)CS1. The Balaban J connectivity index is 1.74. The second-order valence-electron chi connectivity index (χ2n) is 4.65. The maximum Gasteiger partial charge on any atom is 0.351 e. The van der Waals surface area contributed by atoms with Gasteiger partial charge in [-0.25, -0.2) is 4.79 Å². The van der Waals surface area contributed by atoms with Gasteiger partial charge in [0.1, 0.15) is 17.5 Å². The fraction of sp³-hybridized carbons (Fsp3) is 0.615. The van der Waals surface area contributed by atoms with Crippen LogP contribution in [0.5, 0.6) is 0 Å². The van der Waals surface area contributed by atoms with E-state index in [2.05, 4.69) is 4.98 Å². The Morgan fingerprint density at radius 3 is 3.18 bits per heavy atom. The van der Waals surface area contributed by atoms with E-state index in [0.717, 1.165) is 6.42 Å². The van der Waals surface area contributed by atoms with Crippen LogP contribution in [0.1, 0.15) is 26.0 Å². The molecule has 0 saturated carbocycles. The molecule has 0 aliphatic carbocycles. The van der Waals surface area contributed by atoms with Crippen LogP contribution in [-0.2, 0) is 19.0 Å². The van der Waals surface area contributed by atoms with E-state index in [1.807, 2.05) is 6.92 Å². The molecular weight excluding hydrogens is 310 g/mol. The normalized spacial score (nSPS) is 21.0. The summed E-state index contributed by atoms with van der Waals surface area (Å²) in [6, 6.07) is 1.55. The minimum atomic E-state index is -0.444. The first-order chi connectivity index (χ1) is 10.6. The zero-order valence-electron chi connectivity index (χ0n) is 12.3. The summed E-state index contributed by atoms with van der Waals surface area (Å²) in [5.41, 5.74) is 4.78. The number of ether oxygens (including phenoxy) is 3. The number of hydrogen-bond donors (Lipinski definition) is 1. The van der Waals surface area contributed by atoms with E-state index in [1.165, 1.54) is 16.3 Å². The summed E-state index contributed by atoms with van der Waals surface area (Å²) in [5, 5.41) is 0. The third-order valence-electron chi connectivity index (χ3n) is 2.91. The van der Waals surface area contributed by atoms with Gasteiger partial charge in [0.15, 0.2) is 6.79 Å². The molecule has 0 amide bonds. The van der Waals surface area contributed by atoms with Crippen molar-refractivity contribution in [3.8, 4) is 0 Å². The maximum atomic E-state index is 11.7. The van der Waals surface area contributed by atoms with Crippen LogP contribution in [0.4, 0.5) is 5.82 Å². The highest BCUT2D eigenvalue weighted by Gasteiger charge is 2.28. The number of nitrogens with two attached hydrogens (primary N) is 1. The maximum absolute atomic E-state index is 11.7. The van der Waals surface area contributed by atoms with Crippen LogP contribution in [-0.4, -0.2) is 40.1 Å². The first kappa shape index (κ1) is 16.8. The fourth-order valence-corrected chi connectivity index (χ4v) is 2.87. The van der Waals surface area contributed by atoms with E-state index in [0.29, 0.717) is 12.2 Å². The summed E-state index contributed by atoms with van der Waals surface area (Å²) >= 11 is 1.52. The van der Waals surface area contributed by atoms with Crippen LogP contribution in [0, 0.1) is 0 Å². The van der Waals surface area contributed by atoms with Crippen LogP contribution < -0.4 is 11.4 Å². The van der Waals surface area contributed by atoms with Gasteiger partial charge in [-0.15, -0.1) is 11.8 Å². The number of hydrogen-bond acceptors (Lipinski definition) is 8. The molecule has 1 aliphatic rings. The predicted molar refractivity (Wildman–Crippen MR) is 81.1 cm³/mol. The topological polar surface area (TPSA) is 106 Å². The smallest absolute Gasteiger partial charge is 0.351 e. The van der Waals surface area contributed by atoms with Crippen LogP contribution in [0.15, 0.2) is 17.1 Å². The monoisotopic (exact) mass is 329 g/mol.